The minimum absolute atomic E-state index is 0.0581. The van der Waals surface area contributed by atoms with Gasteiger partial charge in [0.2, 0.25) is 0 Å². The lowest BCUT2D eigenvalue weighted by Gasteiger charge is -2.22. The molecule has 2 aromatic rings. The highest BCUT2D eigenvalue weighted by Crippen LogP contribution is 2.35. The van der Waals surface area contributed by atoms with Crippen molar-refractivity contribution in [3.05, 3.63) is 40.0 Å². The molecule has 0 aromatic carbocycles. The Morgan fingerprint density at radius 1 is 1.35 bits per heavy atom. The van der Waals surface area contributed by atoms with Gasteiger partial charge in [-0.1, -0.05) is 6.07 Å². The van der Waals surface area contributed by atoms with E-state index < -0.39 is 0 Å². The molecule has 17 heavy (non-hydrogen) atoms. The number of nitrogens with two attached hydrogens (primary N) is 1. The Kier molecular flexibility index (Phi) is 2.40. The van der Waals surface area contributed by atoms with Crippen LogP contribution in [0.5, 0.6) is 0 Å². The van der Waals surface area contributed by atoms with Crippen LogP contribution in [0, 0.1) is 0 Å². The summed E-state index contributed by atoms with van der Waals surface area (Å²) < 4.78 is 0. The monoisotopic (exact) mass is 245 g/mol. The van der Waals surface area contributed by atoms with Gasteiger partial charge in [0.1, 0.15) is 12.1 Å². The standard InChI is InChI=1S/C12H11N3OS/c13-12-11-8(14-6-15-12)4-7(5-9(11)16)10-2-1-3-17-10/h1-3,6-7H,4-5H2,(H2,13,14,15)/t7-/m1/s1. The van der Waals surface area contributed by atoms with E-state index in [1.54, 1.807) is 11.3 Å². The fourth-order valence-corrected chi connectivity index (χ4v) is 3.08. The predicted octanol–water partition coefficient (Wildman–Crippen LogP) is 2.03. The third kappa shape index (κ3) is 1.72. The van der Waals surface area contributed by atoms with Crippen LogP contribution in [0.2, 0.25) is 0 Å². The van der Waals surface area contributed by atoms with Gasteiger partial charge in [-0.15, -0.1) is 11.3 Å². The number of anilines is 1. The number of nitrogen functional groups attached to an aromatic ring is 1. The van der Waals surface area contributed by atoms with Crippen molar-refractivity contribution < 1.29 is 4.79 Å². The second-order valence-electron chi connectivity index (χ2n) is 4.12. The molecule has 1 aliphatic carbocycles. The van der Waals surface area contributed by atoms with Crippen LogP contribution in [0.1, 0.15) is 33.3 Å². The Balaban J connectivity index is 2.02. The van der Waals surface area contributed by atoms with Gasteiger partial charge in [-0.3, -0.25) is 4.79 Å². The first kappa shape index (κ1) is 10.4. The first-order valence-corrected chi connectivity index (χ1v) is 6.29. The van der Waals surface area contributed by atoms with Crippen molar-refractivity contribution in [2.45, 2.75) is 18.8 Å². The number of thiophene rings is 1. The van der Waals surface area contributed by atoms with Gasteiger partial charge < -0.3 is 5.73 Å². The maximum Gasteiger partial charge on any atom is 0.169 e. The van der Waals surface area contributed by atoms with E-state index >= 15 is 0 Å². The first-order chi connectivity index (χ1) is 8.25. The highest BCUT2D eigenvalue weighted by molar-refractivity contribution is 7.10. The van der Waals surface area contributed by atoms with E-state index in [1.807, 2.05) is 11.4 Å². The Morgan fingerprint density at radius 2 is 2.24 bits per heavy atom. The molecule has 0 spiro atoms. The lowest BCUT2D eigenvalue weighted by Crippen LogP contribution is -2.21. The van der Waals surface area contributed by atoms with E-state index in [9.17, 15) is 4.79 Å². The van der Waals surface area contributed by atoms with Crippen molar-refractivity contribution in [3.63, 3.8) is 0 Å². The van der Waals surface area contributed by atoms with E-state index in [4.69, 9.17) is 5.73 Å². The molecule has 2 aromatic heterocycles. The largest absolute Gasteiger partial charge is 0.383 e. The zero-order valence-electron chi connectivity index (χ0n) is 9.09. The highest BCUT2D eigenvalue weighted by Gasteiger charge is 2.29. The number of nitrogens with zero attached hydrogens (tertiary/aromatic N) is 2. The van der Waals surface area contributed by atoms with Crippen molar-refractivity contribution in [3.8, 4) is 0 Å². The molecule has 0 saturated carbocycles. The molecule has 2 heterocycles. The maximum atomic E-state index is 12.1. The minimum atomic E-state index is 0.0581. The van der Waals surface area contributed by atoms with E-state index in [1.165, 1.54) is 11.2 Å². The fraction of sp³-hybridized carbons (Fsp3) is 0.250. The van der Waals surface area contributed by atoms with E-state index in [-0.39, 0.29) is 11.7 Å². The lowest BCUT2D eigenvalue weighted by molar-refractivity contribution is 0.0964. The smallest absolute Gasteiger partial charge is 0.169 e. The van der Waals surface area contributed by atoms with Crippen LogP contribution in [0.15, 0.2) is 23.8 Å². The number of carbonyl (C=O) groups is 1. The molecule has 0 saturated heterocycles. The molecule has 0 fully saturated rings. The molecule has 0 unspecified atom stereocenters. The second kappa shape index (κ2) is 3.92. The summed E-state index contributed by atoms with van der Waals surface area (Å²) in [5.41, 5.74) is 7.04. The number of rotatable bonds is 1. The molecule has 0 aliphatic heterocycles. The Labute approximate surface area is 103 Å². The molecule has 0 bridgehead atoms. The number of carbonyl (C=O) groups excluding carboxylic acids is 1. The van der Waals surface area contributed by atoms with Crippen molar-refractivity contribution in [1.82, 2.24) is 9.97 Å². The molecule has 3 rings (SSSR count). The van der Waals surface area contributed by atoms with Crippen LogP contribution in [0.3, 0.4) is 0 Å². The Bertz CT molecular complexity index is 565. The average molecular weight is 245 g/mol. The van der Waals surface area contributed by atoms with Gasteiger partial charge >= 0.3 is 0 Å². The molecule has 2 N–H and O–H groups in total. The number of aromatic nitrogens is 2. The Hall–Kier alpha value is -1.75. The van der Waals surface area contributed by atoms with Crippen molar-refractivity contribution >= 4 is 22.9 Å². The molecule has 0 amide bonds. The molecule has 1 aliphatic rings. The second-order valence-corrected chi connectivity index (χ2v) is 5.10. The van der Waals surface area contributed by atoms with Gasteiger partial charge in [0.05, 0.1) is 11.3 Å². The predicted molar refractivity (Wildman–Crippen MR) is 66.2 cm³/mol. The quantitative estimate of drug-likeness (QED) is 0.834. The maximum absolute atomic E-state index is 12.1. The number of Topliss-reactive ketones (excluding diaryl/α,β-unsaturated/α-hetero) is 1. The number of fused-ring (bicyclic) bond motifs is 1. The van der Waals surface area contributed by atoms with Crippen LogP contribution >= 0.6 is 11.3 Å². The van der Waals surface area contributed by atoms with Crippen LogP contribution in [-0.2, 0) is 6.42 Å². The van der Waals surface area contributed by atoms with Crippen LogP contribution in [0.25, 0.3) is 0 Å². The third-order valence-electron chi connectivity index (χ3n) is 3.05. The topological polar surface area (TPSA) is 68.9 Å². The first-order valence-electron chi connectivity index (χ1n) is 5.41. The SMILES string of the molecule is Nc1ncnc2c1C(=O)C[C@H](c1cccs1)C2. The van der Waals surface area contributed by atoms with Crippen LogP contribution in [-0.4, -0.2) is 15.8 Å². The van der Waals surface area contributed by atoms with Gasteiger partial charge in [-0.25, -0.2) is 9.97 Å². The van der Waals surface area contributed by atoms with Gasteiger partial charge in [0.15, 0.2) is 5.78 Å². The summed E-state index contributed by atoms with van der Waals surface area (Å²) in [6, 6.07) is 4.08. The molecule has 1 atom stereocenters. The van der Waals surface area contributed by atoms with Crippen molar-refractivity contribution in [1.29, 1.82) is 0 Å². The van der Waals surface area contributed by atoms with E-state index in [2.05, 4.69) is 16.0 Å². The summed E-state index contributed by atoms with van der Waals surface area (Å²) in [4.78, 5) is 21.4. The van der Waals surface area contributed by atoms with Crippen molar-refractivity contribution in [2.75, 3.05) is 5.73 Å². The zero-order chi connectivity index (χ0) is 11.8. The highest BCUT2D eigenvalue weighted by atomic mass is 32.1. The minimum Gasteiger partial charge on any atom is -0.383 e. The molecule has 5 heteroatoms. The normalized spacial score (nSPS) is 19.1. The van der Waals surface area contributed by atoms with E-state index in [0.717, 1.165) is 12.1 Å². The average Bonchev–Trinajstić information content (AvgIpc) is 2.81. The van der Waals surface area contributed by atoms with Gasteiger partial charge in [-0.2, -0.15) is 0 Å². The van der Waals surface area contributed by atoms with Crippen molar-refractivity contribution in [2.24, 2.45) is 0 Å². The Morgan fingerprint density at radius 3 is 3.00 bits per heavy atom. The lowest BCUT2D eigenvalue weighted by atomic mass is 9.85. The van der Waals surface area contributed by atoms with E-state index in [0.29, 0.717) is 17.8 Å². The molecular weight excluding hydrogens is 234 g/mol. The molecular formula is C12H11N3OS. The summed E-state index contributed by atoms with van der Waals surface area (Å²) in [7, 11) is 0. The molecule has 4 nitrogen and oxygen atoms in total. The zero-order valence-corrected chi connectivity index (χ0v) is 9.91. The van der Waals surface area contributed by atoms with Gasteiger partial charge in [0.25, 0.3) is 0 Å². The molecule has 86 valence electrons. The number of ketones is 1. The van der Waals surface area contributed by atoms with Crippen LogP contribution in [0.4, 0.5) is 5.82 Å². The fourth-order valence-electron chi connectivity index (χ4n) is 2.25. The summed E-state index contributed by atoms with van der Waals surface area (Å²) in [6.07, 6.45) is 2.71. The van der Waals surface area contributed by atoms with Crippen LogP contribution < -0.4 is 5.73 Å². The summed E-state index contributed by atoms with van der Waals surface area (Å²) in [6.45, 7) is 0. The van der Waals surface area contributed by atoms with Gasteiger partial charge in [-0.05, 0) is 17.9 Å². The number of hydrogen-bond acceptors (Lipinski definition) is 5. The van der Waals surface area contributed by atoms with Gasteiger partial charge in [0, 0.05) is 17.2 Å². The molecule has 0 radical (unpaired) electrons. The number of hydrogen-bond donors (Lipinski definition) is 1. The summed E-state index contributed by atoms with van der Waals surface area (Å²) >= 11 is 1.68. The third-order valence-corrected chi connectivity index (χ3v) is 4.09. The summed E-state index contributed by atoms with van der Waals surface area (Å²) in [5, 5.41) is 2.03. The summed E-state index contributed by atoms with van der Waals surface area (Å²) in [5.74, 6) is 0.608.